The Labute approximate surface area is 150 Å². The summed E-state index contributed by atoms with van der Waals surface area (Å²) in [6, 6.07) is 14.1. The van der Waals surface area contributed by atoms with Crippen LogP contribution in [0.25, 0.3) is 0 Å². The summed E-state index contributed by atoms with van der Waals surface area (Å²) >= 11 is 0. The maximum Gasteiger partial charge on any atom is 0.191 e. The van der Waals surface area contributed by atoms with Gasteiger partial charge in [0.25, 0.3) is 0 Å². The number of hydrogen-bond donors (Lipinski definition) is 2. The second-order valence-corrected chi connectivity index (χ2v) is 6.04. The van der Waals surface area contributed by atoms with Gasteiger partial charge in [0.2, 0.25) is 0 Å². The molecule has 5 nitrogen and oxygen atoms in total. The fraction of sp³-hybridized carbons (Fsp3) is 0.400. The Kier molecular flexibility index (Phi) is 7.76. The molecule has 134 valence electrons. The maximum absolute atomic E-state index is 5.91. The van der Waals surface area contributed by atoms with Gasteiger partial charge in [-0.1, -0.05) is 38.1 Å². The van der Waals surface area contributed by atoms with Crippen molar-refractivity contribution < 1.29 is 4.74 Å². The first-order valence-electron chi connectivity index (χ1n) is 8.77. The summed E-state index contributed by atoms with van der Waals surface area (Å²) < 4.78 is 5.91. The molecular formula is C20H28N4O. The van der Waals surface area contributed by atoms with Crippen molar-refractivity contribution in [2.24, 2.45) is 4.99 Å². The van der Waals surface area contributed by atoms with Gasteiger partial charge in [-0.3, -0.25) is 9.98 Å². The van der Waals surface area contributed by atoms with E-state index in [1.54, 1.807) is 7.05 Å². The van der Waals surface area contributed by atoms with Crippen LogP contribution in [0.4, 0.5) is 0 Å². The first-order chi connectivity index (χ1) is 12.2. The van der Waals surface area contributed by atoms with E-state index in [-0.39, 0.29) is 0 Å². The minimum atomic E-state index is 0.449. The van der Waals surface area contributed by atoms with Gasteiger partial charge in [-0.05, 0) is 29.7 Å². The van der Waals surface area contributed by atoms with E-state index in [1.807, 2.05) is 42.6 Å². The number of nitrogens with zero attached hydrogens (tertiary/aromatic N) is 2. The third-order valence-corrected chi connectivity index (χ3v) is 3.82. The van der Waals surface area contributed by atoms with E-state index in [9.17, 15) is 0 Å². The topological polar surface area (TPSA) is 58.5 Å². The van der Waals surface area contributed by atoms with Crippen LogP contribution in [0.1, 0.15) is 31.0 Å². The van der Waals surface area contributed by atoms with Crippen molar-refractivity contribution in [3.63, 3.8) is 0 Å². The van der Waals surface area contributed by atoms with Crippen LogP contribution in [0.15, 0.2) is 53.7 Å². The van der Waals surface area contributed by atoms with Gasteiger partial charge in [-0.25, -0.2) is 0 Å². The largest absolute Gasteiger partial charge is 0.491 e. The van der Waals surface area contributed by atoms with Crippen molar-refractivity contribution in [1.29, 1.82) is 0 Å². The zero-order valence-electron chi connectivity index (χ0n) is 15.3. The van der Waals surface area contributed by atoms with Gasteiger partial charge in [0, 0.05) is 31.9 Å². The number of hydrogen-bond acceptors (Lipinski definition) is 3. The summed E-state index contributed by atoms with van der Waals surface area (Å²) in [7, 11) is 1.77. The number of pyridine rings is 1. The minimum Gasteiger partial charge on any atom is -0.491 e. The summed E-state index contributed by atoms with van der Waals surface area (Å²) in [5, 5.41) is 6.56. The highest BCUT2D eigenvalue weighted by Crippen LogP contribution is 2.25. The molecule has 0 aliphatic rings. The van der Waals surface area contributed by atoms with Crippen molar-refractivity contribution in [2.45, 2.75) is 26.2 Å². The molecule has 0 unspecified atom stereocenters. The number of nitrogens with one attached hydrogen (secondary N) is 2. The molecule has 0 aliphatic carbocycles. The third-order valence-electron chi connectivity index (χ3n) is 3.82. The Hall–Kier alpha value is -2.56. The summed E-state index contributed by atoms with van der Waals surface area (Å²) in [5.41, 5.74) is 2.31. The first kappa shape index (κ1) is 18.8. The maximum atomic E-state index is 5.91. The van der Waals surface area contributed by atoms with Crippen molar-refractivity contribution in [3.8, 4) is 5.75 Å². The van der Waals surface area contributed by atoms with Gasteiger partial charge >= 0.3 is 0 Å². The smallest absolute Gasteiger partial charge is 0.191 e. The standard InChI is InChI=1S/C20H28N4O/c1-16(2)18-9-4-5-10-19(18)25-15-14-24-20(21-3)23-13-11-17-8-6-7-12-22-17/h4-10,12,16H,11,13-15H2,1-3H3,(H2,21,23,24). The normalized spacial score (nSPS) is 11.4. The fourth-order valence-corrected chi connectivity index (χ4v) is 2.49. The lowest BCUT2D eigenvalue weighted by atomic mass is 10.0. The highest BCUT2D eigenvalue weighted by Gasteiger charge is 2.06. The van der Waals surface area contributed by atoms with Crippen molar-refractivity contribution in [3.05, 3.63) is 59.9 Å². The van der Waals surface area contributed by atoms with Gasteiger partial charge in [-0.2, -0.15) is 0 Å². The molecule has 2 N–H and O–H groups in total. The fourth-order valence-electron chi connectivity index (χ4n) is 2.49. The van der Waals surface area contributed by atoms with Crippen molar-refractivity contribution in [2.75, 3.05) is 26.7 Å². The van der Waals surface area contributed by atoms with Crippen LogP contribution in [0.2, 0.25) is 0 Å². The Morgan fingerprint density at radius 3 is 2.56 bits per heavy atom. The highest BCUT2D eigenvalue weighted by molar-refractivity contribution is 5.79. The number of para-hydroxylation sites is 1. The molecule has 0 saturated carbocycles. The quantitative estimate of drug-likeness (QED) is 0.441. The summed E-state index contributed by atoms with van der Waals surface area (Å²) in [6.45, 7) is 6.41. The number of ether oxygens (including phenoxy) is 1. The lowest BCUT2D eigenvalue weighted by Crippen LogP contribution is -2.40. The molecule has 0 fully saturated rings. The van der Waals surface area contributed by atoms with Gasteiger partial charge in [-0.15, -0.1) is 0 Å². The molecule has 1 aromatic carbocycles. The van der Waals surface area contributed by atoms with Crippen LogP contribution in [0, 0.1) is 0 Å². The monoisotopic (exact) mass is 340 g/mol. The minimum absolute atomic E-state index is 0.449. The Morgan fingerprint density at radius 2 is 1.84 bits per heavy atom. The van der Waals surface area contributed by atoms with E-state index in [0.29, 0.717) is 19.1 Å². The van der Waals surface area contributed by atoms with Crippen LogP contribution in [-0.4, -0.2) is 37.7 Å². The number of aromatic nitrogens is 1. The van der Waals surface area contributed by atoms with Crippen molar-refractivity contribution in [1.82, 2.24) is 15.6 Å². The van der Waals surface area contributed by atoms with E-state index in [1.165, 1.54) is 5.56 Å². The molecular weight excluding hydrogens is 312 g/mol. The molecule has 1 aromatic heterocycles. The van der Waals surface area contributed by atoms with Crippen LogP contribution < -0.4 is 15.4 Å². The molecule has 0 bridgehead atoms. The van der Waals surface area contributed by atoms with E-state index >= 15 is 0 Å². The molecule has 0 atom stereocenters. The second-order valence-electron chi connectivity index (χ2n) is 6.04. The molecule has 25 heavy (non-hydrogen) atoms. The number of aliphatic imine (C=N–C) groups is 1. The zero-order valence-corrected chi connectivity index (χ0v) is 15.3. The second kappa shape index (κ2) is 10.3. The molecule has 2 aromatic rings. The van der Waals surface area contributed by atoms with Crippen LogP contribution >= 0.6 is 0 Å². The molecule has 0 amide bonds. The Bertz CT molecular complexity index is 656. The van der Waals surface area contributed by atoms with Gasteiger partial charge < -0.3 is 15.4 Å². The average Bonchev–Trinajstić information content (AvgIpc) is 2.64. The van der Waals surface area contributed by atoms with E-state index < -0.39 is 0 Å². The van der Waals surface area contributed by atoms with Gasteiger partial charge in [0.15, 0.2) is 5.96 Å². The summed E-state index contributed by atoms with van der Waals surface area (Å²) in [5.74, 6) is 2.18. The van der Waals surface area contributed by atoms with E-state index in [2.05, 4.69) is 40.5 Å². The molecule has 1 heterocycles. The van der Waals surface area contributed by atoms with Gasteiger partial charge in [0.1, 0.15) is 12.4 Å². The average molecular weight is 340 g/mol. The molecule has 2 rings (SSSR count). The molecule has 0 spiro atoms. The van der Waals surface area contributed by atoms with E-state index in [0.717, 1.165) is 30.4 Å². The molecule has 0 aliphatic heterocycles. The zero-order chi connectivity index (χ0) is 17.9. The van der Waals surface area contributed by atoms with Crippen LogP contribution in [-0.2, 0) is 6.42 Å². The van der Waals surface area contributed by atoms with Crippen LogP contribution in [0.3, 0.4) is 0 Å². The number of rotatable bonds is 8. The SMILES string of the molecule is CN=C(NCCOc1ccccc1C(C)C)NCCc1ccccn1. The lowest BCUT2D eigenvalue weighted by Gasteiger charge is -2.15. The predicted molar refractivity (Wildman–Crippen MR) is 103 cm³/mol. The lowest BCUT2D eigenvalue weighted by molar-refractivity contribution is 0.317. The molecule has 0 radical (unpaired) electrons. The molecule has 0 saturated heterocycles. The summed E-state index contributed by atoms with van der Waals surface area (Å²) in [6.07, 6.45) is 2.68. The Morgan fingerprint density at radius 1 is 1.08 bits per heavy atom. The van der Waals surface area contributed by atoms with Crippen LogP contribution in [0.5, 0.6) is 5.75 Å². The third kappa shape index (κ3) is 6.45. The highest BCUT2D eigenvalue weighted by atomic mass is 16.5. The molecule has 5 heteroatoms. The number of guanidine groups is 1. The van der Waals surface area contributed by atoms with Gasteiger partial charge in [0.05, 0.1) is 6.54 Å². The summed E-state index contributed by atoms with van der Waals surface area (Å²) in [4.78, 5) is 8.54. The Balaban J connectivity index is 1.69. The van der Waals surface area contributed by atoms with Crippen molar-refractivity contribution >= 4 is 5.96 Å². The van der Waals surface area contributed by atoms with E-state index in [4.69, 9.17) is 4.74 Å². The predicted octanol–water partition coefficient (Wildman–Crippen LogP) is 2.99. The number of benzene rings is 1. The first-order valence-corrected chi connectivity index (χ1v) is 8.77.